The van der Waals surface area contributed by atoms with Gasteiger partial charge in [0.25, 0.3) is 0 Å². The van der Waals surface area contributed by atoms with E-state index in [2.05, 4.69) is 10.6 Å². The van der Waals surface area contributed by atoms with Gasteiger partial charge in [0.2, 0.25) is 5.91 Å². The maximum Gasteiger partial charge on any atom is 0.547 e. The summed E-state index contributed by atoms with van der Waals surface area (Å²) in [6.45, 7) is 2.92. The molecule has 15 nitrogen and oxygen atoms in total. The first-order valence-corrected chi connectivity index (χ1v) is 13.0. The number of likely N-dealkylation sites (N-methyl/N-ethyl adjacent to an activating group) is 1. The molecule has 5 amide bonds. The standard InChI is InChI=1S/C24H32BN7O8/c1-2-30-10-11-32(21(35)20(30)34)24(38)29-17(13-6-8-31(9-7-13)23(26)27)19(33)28-16-12-14-4-3-5-15(22(36)37)18(14)40-25(16)39/h3-5,13,16-17,39H,2,6-12H2,1H3,(H3,26,27)(H,28,33)(H,29,38)(H,36,37)/t16-,17+/m0/s1. The lowest BCUT2D eigenvalue weighted by atomic mass is 9.72. The zero-order valence-corrected chi connectivity index (χ0v) is 22.0. The number of fused-ring (bicyclic) bond motifs is 1. The van der Waals surface area contributed by atoms with Gasteiger partial charge in [0.05, 0.1) is 11.5 Å². The average Bonchev–Trinajstić information content (AvgIpc) is 2.93. The van der Waals surface area contributed by atoms with Crippen molar-refractivity contribution in [2.75, 3.05) is 32.7 Å². The van der Waals surface area contributed by atoms with Crippen molar-refractivity contribution >= 4 is 42.8 Å². The Bertz CT molecular complexity index is 1220. The van der Waals surface area contributed by atoms with Crippen molar-refractivity contribution in [3.8, 4) is 5.75 Å². The van der Waals surface area contributed by atoms with E-state index in [1.54, 1.807) is 17.9 Å². The Hall–Kier alpha value is -4.34. The van der Waals surface area contributed by atoms with Crippen LogP contribution in [0.15, 0.2) is 18.2 Å². The highest BCUT2D eigenvalue weighted by molar-refractivity contribution is 6.47. The summed E-state index contributed by atoms with van der Waals surface area (Å²) in [7, 11) is -1.56. The van der Waals surface area contributed by atoms with Gasteiger partial charge in [0.1, 0.15) is 11.8 Å². The van der Waals surface area contributed by atoms with E-state index in [1.807, 2.05) is 0 Å². The molecule has 16 heteroatoms. The van der Waals surface area contributed by atoms with Gasteiger partial charge in [-0.05, 0) is 43.7 Å². The Morgan fingerprint density at radius 3 is 2.50 bits per heavy atom. The third-order valence-electron chi connectivity index (χ3n) is 7.53. The minimum Gasteiger partial charge on any atom is -0.534 e. The first kappa shape index (κ1) is 28.7. The number of carboxylic acids is 1. The fourth-order valence-corrected chi connectivity index (χ4v) is 5.24. The van der Waals surface area contributed by atoms with Gasteiger partial charge >= 0.3 is 30.9 Å². The van der Waals surface area contributed by atoms with Crippen molar-refractivity contribution in [2.24, 2.45) is 11.7 Å². The van der Waals surface area contributed by atoms with E-state index in [0.29, 0.717) is 38.0 Å². The van der Waals surface area contributed by atoms with E-state index in [0.717, 1.165) is 4.90 Å². The number of para-hydroxylation sites is 1. The Balaban J connectivity index is 1.51. The van der Waals surface area contributed by atoms with Crippen molar-refractivity contribution in [2.45, 2.75) is 38.2 Å². The monoisotopic (exact) mass is 557 g/mol. The average molecular weight is 557 g/mol. The summed E-state index contributed by atoms with van der Waals surface area (Å²) < 4.78 is 5.46. The minimum absolute atomic E-state index is 0.0175. The molecule has 0 saturated carbocycles. The van der Waals surface area contributed by atoms with Crippen molar-refractivity contribution in [3.05, 3.63) is 29.3 Å². The maximum absolute atomic E-state index is 13.6. The lowest BCUT2D eigenvalue weighted by Gasteiger charge is -2.38. The number of nitrogens with two attached hydrogens (primary N) is 1. The van der Waals surface area contributed by atoms with Crippen LogP contribution in [0.1, 0.15) is 35.7 Å². The molecule has 0 unspecified atom stereocenters. The van der Waals surface area contributed by atoms with Crippen LogP contribution in [0.3, 0.4) is 0 Å². The summed E-state index contributed by atoms with van der Waals surface area (Å²) in [5.41, 5.74) is 5.94. The summed E-state index contributed by atoms with van der Waals surface area (Å²) in [4.78, 5) is 66.9. The highest BCUT2D eigenvalue weighted by Crippen LogP contribution is 2.30. The number of aromatic carboxylic acids is 1. The van der Waals surface area contributed by atoms with Crippen molar-refractivity contribution in [1.82, 2.24) is 25.3 Å². The van der Waals surface area contributed by atoms with Crippen molar-refractivity contribution in [1.29, 1.82) is 5.41 Å². The number of hydrogen-bond donors (Lipinski definition) is 6. The second-order valence-electron chi connectivity index (χ2n) is 9.91. The quantitative estimate of drug-likeness (QED) is 0.0997. The van der Waals surface area contributed by atoms with Crippen molar-refractivity contribution < 1.29 is 38.8 Å². The number of piperazine rings is 1. The SMILES string of the molecule is CCN1CCN(C(=O)N[C@@H](C(=O)N[C@H]2Cc3cccc(C(=O)O)c3OB2O)C2CCN(C(=N)N)CC2)C(=O)C1=O. The number of piperidine rings is 1. The molecule has 2 saturated heterocycles. The van der Waals surface area contributed by atoms with Crippen LogP contribution in [0.4, 0.5) is 4.79 Å². The van der Waals surface area contributed by atoms with Gasteiger partial charge in [-0.1, -0.05) is 12.1 Å². The molecule has 40 heavy (non-hydrogen) atoms. The Labute approximate surface area is 230 Å². The molecule has 3 aliphatic rings. The molecule has 0 radical (unpaired) electrons. The highest BCUT2D eigenvalue weighted by atomic mass is 16.5. The number of nitrogens with zero attached hydrogens (tertiary/aromatic N) is 3. The number of carbonyl (C=O) groups is 5. The van der Waals surface area contributed by atoms with Crippen LogP contribution in [0.2, 0.25) is 0 Å². The number of rotatable bonds is 6. The second-order valence-corrected chi connectivity index (χ2v) is 9.91. The zero-order valence-electron chi connectivity index (χ0n) is 22.0. The molecule has 1 aromatic carbocycles. The number of imide groups is 1. The van der Waals surface area contributed by atoms with Gasteiger partial charge in [0, 0.05) is 32.7 Å². The molecule has 2 atom stereocenters. The maximum atomic E-state index is 13.6. The van der Waals surface area contributed by atoms with Crippen LogP contribution in [-0.2, 0) is 20.8 Å². The first-order valence-electron chi connectivity index (χ1n) is 13.0. The third-order valence-corrected chi connectivity index (χ3v) is 7.53. The predicted molar refractivity (Wildman–Crippen MR) is 140 cm³/mol. The van der Waals surface area contributed by atoms with Crippen LogP contribution >= 0.6 is 0 Å². The van der Waals surface area contributed by atoms with E-state index in [1.165, 1.54) is 17.0 Å². The van der Waals surface area contributed by atoms with Gasteiger partial charge in [0.15, 0.2) is 5.96 Å². The smallest absolute Gasteiger partial charge is 0.534 e. The van der Waals surface area contributed by atoms with E-state index in [9.17, 15) is 34.1 Å². The second kappa shape index (κ2) is 11.8. The number of hydrogen-bond acceptors (Lipinski definition) is 8. The number of amides is 5. The van der Waals surface area contributed by atoms with E-state index in [-0.39, 0.29) is 36.8 Å². The number of carbonyl (C=O) groups excluding carboxylic acids is 4. The predicted octanol–water partition coefficient (Wildman–Crippen LogP) is -1.80. The summed E-state index contributed by atoms with van der Waals surface area (Å²) in [5.74, 6) is -5.12. The molecule has 0 aromatic heterocycles. The third kappa shape index (κ3) is 5.80. The minimum atomic E-state index is -1.56. The van der Waals surface area contributed by atoms with Gasteiger partial charge in [-0.3, -0.25) is 24.7 Å². The molecule has 4 rings (SSSR count). The van der Waals surface area contributed by atoms with Gasteiger partial charge in [-0.2, -0.15) is 0 Å². The van der Waals surface area contributed by atoms with Crippen LogP contribution in [0.25, 0.3) is 0 Å². The fraction of sp³-hybridized carbons (Fsp3) is 0.500. The number of likely N-dealkylation sites (tertiary alicyclic amines) is 1. The topological polar surface area (TPSA) is 219 Å². The van der Waals surface area contributed by atoms with E-state index < -0.39 is 54.7 Å². The Kier molecular flexibility index (Phi) is 8.47. The molecule has 3 heterocycles. The molecule has 2 fully saturated rings. The molecular formula is C24H32BN7O8. The van der Waals surface area contributed by atoms with Gasteiger partial charge < -0.3 is 41.0 Å². The fourth-order valence-electron chi connectivity index (χ4n) is 5.24. The summed E-state index contributed by atoms with van der Waals surface area (Å²) >= 11 is 0. The zero-order chi connectivity index (χ0) is 29.1. The molecule has 0 spiro atoms. The highest BCUT2D eigenvalue weighted by Gasteiger charge is 2.42. The summed E-state index contributed by atoms with van der Waals surface area (Å²) in [6, 6.07) is 2.47. The summed E-state index contributed by atoms with van der Waals surface area (Å²) in [6.07, 6.45) is 0.852. The molecule has 7 N–H and O–H groups in total. The van der Waals surface area contributed by atoms with Crippen LogP contribution in [0.5, 0.6) is 5.75 Å². The largest absolute Gasteiger partial charge is 0.547 e. The number of benzene rings is 1. The molecular weight excluding hydrogens is 525 g/mol. The Morgan fingerprint density at radius 2 is 1.88 bits per heavy atom. The number of guanidine groups is 1. The molecule has 0 bridgehead atoms. The number of carboxylic acid groups (broad SMARTS) is 1. The van der Waals surface area contributed by atoms with Gasteiger partial charge in [-0.25, -0.2) is 9.59 Å². The lowest BCUT2D eigenvalue weighted by Crippen LogP contribution is -2.63. The van der Waals surface area contributed by atoms with Crippen molar-refractivity contribution in [3.63, 3.8) is 0 Å². The molecule has 0 aliphatic carbocycles. The Morgan fingerprint density at radius 1 is 1.18 bits per heavy atom. The molecule has 3 aliphatic heterocycles. The molecule has 1 aromatic rings. The van der Waals surface area contributed by atoms with Crippen LogP contribution < -0.4 is 21.0 Å². The van der Waals surface area contributed by atoms with Crippen LogP contribution in [0, 0.1) is 11.3 Å². The normalized spacial score (nSPS) is 20.4. The number of urea groups is 1. The first-order chi connectivity index (χ1) is 19.0. The van der Waals surface area contributed by atoms with Crippen LogP contribution in [-0.4, -0.2) is 112 Å². The number of nitrogens with one attached hydrogen (secondary N) is 3. The lowest BCUT2D eigenvalue weighted by molar-refractivity contribution is -0.153. The van der Waals surface area contributed by atoms with E-state index >= 15 is 0 Å². The molecule has 214 valence electrons. The summed E-state index contributed by atoms with van der Waals surface area (Å²) in [5, 5.41) is 33.0. The van der Waals surface area contributed by atoms with Gasteiger partial charge in [-0.15, -0.1) is 0 Å². The van der Waals surface area contributed by atoms with E-state index in [4.69, 9.17) is 15.8 Å².